The number of carbonyl (C=O) groups excluding carboxylic acids is 1. The van der Waals surface area contributed by atoms with Gasteiger partial charge in [0.2, 0.25) is 10.0 Å². The van der Waals surface area contributed by atoms with E-state index in [-0.39, 0.29) is 16.8 Å². The van der Waals surface area contributed by atoms with Crippen molar-refractivity contribution in [3.05, 3.63) is 65.2 Å². The first-order valence-corrected chi connectivity index (χ1v) is 8.73. The number of hydrogen-bond acceptors (Lipinski definition) is 3. The summed E-state index contributed by atoms with van der Waals surface area (Å²) in [4.78, 5) is 12.6. The number of carbonyl (C=O) groups is 1. The summed E-state index contributed by atoms with van der Waals surface area (Å²) < 4.78 is 26.0. The maximum Gasteiger partial charge on any atom is 0.252 e. The Labute approximate surface area is 136 Å². The van der Waals surface area contributed by atoms with E-state index in [2.05, 4.69) is 10.0 Å². The molecule has 23 heavy (non-hydrogen) atoms. The van der Waals surface area contributed by atoms with Gasteiger partial charge in [-0.25, -0.2) is 13.1 Å². The number of benzene rings is 2. The summed E-state index contributed by atoms with van der Waals surface area (Å²) in [6.45, 7) is 3.66. The predicted molar refractivity (Wildman–Crippen MR) is 89.7 cm³/mol. The monoisotopic (exact) mass is 332 g/mol. The van der Waals surface area contributed by atoms with Crippen molar-refractivity contribution < 1.29 is 13.2 Å². The van der Waals surface area contributed by atoms with E-state index in [0.717, 1.165) is 11.1 Å². The molecule has 5 nitrogen and oxygen atoms in total. The third-order valence-electron chi connectivity index (χ3n) is 3.68. The van der Waals surface area contributed by atoms with Crippen molar-refractivity contribution in [3.8, 4) is 0 Å². The van der Waals surface area contributed by atoms with Crippen molar-refractivity contribution in [2.24, 2.45) is 0 Å². The number of aryl methyl sites for hydroxylation is 1. The van der Waals surface area contributed by atoms with Crippen LogP contribution < -0.4 is 10.0 Å². The molecule has 0 spiro atoms. The van der Waals surface area contributed by atoms with Crippen LogP contribution >= 0.6 is 0 Å². The lowest BCUT2D eigenvalue weighted by Gasteiger charge is -2.16. The fraction of sp³-hybridized carbons (Fsp3) is 0.235. The Bertz CT molecular complexity index is 802. The van der Waals surface area contributed by atoms with Crippen LogP contribution in [0.5, 0.6) is 0 Å². The summed E-state index contributed by atoms with van der Waals surface area (Å²) in [6.07, 6.45) is 0. The van der Waals surface area contributed by atoms with Crippen LogP contribution in [-0.2, 0) is 10.0 Å². The Morgan fingerprint density at radius 2 is 1.74 bits per heavy atom. The Hall–Kier alpha value is -2.18. The standard InChI is InChI=1S/C17H20N2O3S/c1-12-9-10-15(23(21,22)18-3)11-16(12)17(20)19-13(2)14-7-5-4-6-8-14/h4-11,13,18H,1-3H3,(H,19,20). The lowest BCUT2D eigenvalue weighted by atomic mass is 10.1. The first-order chi connectivity index (χ1) is 10.8. The van der Waals surface area contributed by atoms with E-state index < -0.39 is 10.0 Å². The van der Waals surface area contributed by atoms with E-state index in [4.69, 9.17) is 0 Å². The van der Waals surface area contributed by atoms with E-state index >= 15 is 0 Å². The van der Waals surface area contributed by atoms with E-state index in [0.29, 0.717) is 5.56 Å². The second-order valence-electron chi connectivity index (χ2n) is 5.29. The molecule has 0 aromatic heterocycles. The molecule has 0 bridgehead atoms. The zero-order valence-corrected chi connectivity index (χ0v) is 14.1. The molecule has 0 aliphatic carbocycles. The van der Waals surface area contributed by atoms with Crippen LogP contribution in [-0.4, -0.2) is 21.4 Å². The minimum Gasteiger partial charge on any atom is -0.346 e. The topological polar surface area (TPSA) is 75.3 Å². The van der Waals surface area contributed by atoms with Crippen molar-refractivity contribution in [2.45, 2.75) is 24.8 Å². The van der Waals surface area contributed by atoms with Gasteiger partial charge in [0.1, 0.15) is 0 Å². The fourth-order valence-corrected chi connectivity index (χ4v) is 2.99. The highest BCUT2D eigenvalue weighted by Crippen LogP contribution is 2.17. The Morgan fingerprint density at radius 1 is 1.09 bits per heavy atom. The summed E-state index contributed by atoms with van der Waals surface area (Å²) in [5, 5.41) is 2.90. The molecule has 0 saturated heterocycles. The molecule has 0 aliphatic heterocycles. The smallest absolute Gasteiger partial charge is 0.252 e. The SMILES string of the molecule is CNS(=O)(=O)c1ccc(C)c(C(=O)NC(C)c2ccccc2)c1. The molecule has 0 heterocycles. The summed E-state index contributed by atoms with van der Waals surface area (Å²) in [5.74, 6) is -0.299. The molecule has 1 atom stereocenters. The first kappa shape index (κ1) is 17.2. The van der Waals surface area contributed by atoms with Gasteiger partial charge in [0, 0.05) is 5.56 Å². The number of amides is 1. The van der Waals surface area contributed by atoms with E-state index in [1.165, 1.54) is 19.2 Å². The molecule has 0 saturated carbocycles. The Kier molecular flexibility index (Phi) is 5.18. The maximum absolute atomic E-state index is 12.5. The van der Waals surface area contributed by atoms with E-state index in [9.17, 15) is 13.2 Å². The molecule has 2 aromatic rings. The minimum absolute atomic E-state index is 0.0723. The van der Waals surface area contributed by atoms with Crippen LogP contribution in [0.4, 0.5) is 0 Å². The highest BCUT2D eigenvalue weighted by atomic mass is 32.2. The lowest BCUT2D eigenvalue weighted by molar-refractivity contribution is 0.0939. The number of nitrogens with one attached hydrogen (secondary N) is 2. The average molecular weight is 332 g/mol. The van der Waals surface area contributed by atoms with Gasteiger partial charge >= 0.3 is 0 Å². The molecule has 2 rings (SSSR count). The second-order valence-corrected chi connectivity index (χ2v) is 7.18. The molecule has 0 radical (unpaired) electrons. The highest BCUT2D eigenvalue weighted by Gasteiger charge is 2.18. The van der Waals surface area contributed by atoms with Crippen molar-refractivity contribution in [2.75, 3.05) is 7.05 Å². The molecule has 1 unspecified atom stereocenters. The Morgan fingerprint density at radius 3 is 2.35 bits per heavy atom. The van der Waals surface area contributed by atoms with Gasteiger partial charge in [0.15, 0.2) is 0 Å². The number of hydrogen-bond donors (Lipinski definition) is 2. The average Bonchev–Trinajstić information content (AvgIpc) is 2.55. The van der Waals surface area contributed by atoms with Crippen molar-refractivity contribution >= 4 is 15.9 Å². The van der Waals surface area contributed by atoms with Crippen LogP contribution in [0.1, 0.15) is 34.5 Å². The van der Waals surface area contributed by atoms with Crippen LogP contribution in [0.3, 0.4) is 0 Å². The predicted octanol–water partition coefficient (Wildman–Crippen LogP) is 2.39. The summed E-state index contributed by atoms with van der Waals surface area (Å²) in [5.41, 5.74) is 2.06. The minimum atomic E-state index is -3.58. The third-order valence-corrected chi connectivity index (χ3v) is 5.09. The van der Waals surface area contributed by atoms with Gasteiger partial charge in [-0.15, -0.1) is 0 Å². The van der Waals surface area contributed by atoms with Gasteiger partial charge in [-0.2, -0.15) is 0 Å². The zero-order chi connectivity index (χ0) is 17.0. The summed E-state index contributed by atoms with van der Waals surface area (Å²) in [7, 11) is -2.24. The Balaban J connectivity index is 2.27. The largest absolute Gasteiger partial charge is 0.346 e. The number of rotatable bonds is 5. The molecule has 2 N–H and O–H groups in total. The lowest BCUT2D eigenvalue weighted by Crippen LogP contribution is -2.28. The molecule has 0 fully saturated rings. The summed E-state index contributed by atoms with van der Waals surface area (Å²) in [6, 6.07) is 13.9. The number of sulfonamides is 1. The van der Waals surface area contributed by atoms with Crippen molar-refractivity contribution in [1.82, 2.24) is 10.0 Å². The maximum atomic E-state index is 12.5. The van der Waals surface area contributed by atoms with Gasteiger partial charge in [0.25, 0.3) is 5.91 Å². The van der Waals surface area contributed by atoms with Crippen molar-refractivity contribution in [3.63, 3.8) is 0 Å². The molecule has 2 aromatic carbocycles. The third kappa shape index (κ3) is 3.97. The van der Waals surface area contributed by atoms with E-state index in [1.807, 2.05) is 37.3 Å². The summed E-state index contributed by atoms with van der Waals surface area (Å²) >= 11 is 0. The molecule has 1 amide bonds. The zero-order valence-electron chi connectivity index (χ0n) is 13.3. The van der Waals surface area contributed by atoms with Crippen molar-refractivity contribution in [1.29, 1.82) is 0 Å². The normalized spacial score (nSPS) is 12.7. The van der Waals surface area contributed by atoms with E-state index in [1.54, 1.807) is 13.0 Å². The highest BCUT2D eigenvalue weighted by molar-refractivity contribution is 7.89. The molecule has 0 aliphatic rings. The quantitative estimate of drug-likeness (QED) is 0.883. The van der Waals surface area contributed by atoms with Gasteiger partial charge in [0.05, 0.1) is 10.9 Å². The van der Waals surface area contributed by atoms with Crippen LogP contribution in [0.25, 0.3) is 0 Å². The first-order valence-electron chi connectivity index (χ1n) is 7.25. The van der Waals surface area contributed by atoms with Gasteiger partial charge < -0.3 is 5.32 Å². The van der Waals surface area contributed by atoms with Crippen LogP contribution in [0, 0.1) is 6.92 Å². The fourth-order valence-electron chi connectivity index (χ4n) is 2.23. The molecular weight excluding hydrogens is 312 g/mol. The van der Waals surface area contributed by atoms with Gasteiger partial charge in [-0.3, -0.25) is 4.79 Å². The molecule has 6 heteroatoms. The molecular formula is C17H20N2O3S. The molecule has 122 valence electrons. The van der Waals surface area contributed by atoms with Gasteiger partial charge in [-0.1, -0.05) is 36.4 Å². The van der Waals surface area contributed by atoms with Crippen LogP contribution in [0.15, 0.2) is 53.4 Å². The second kappa shape index (κ2) is 6.93. The van der Waals surface area contributed by atoms with Gasteiger partial charge in [-0.05, 0) is 44.2 Å². The van der Waals surface area contributed by atoms with Crippen LogP contribution in [0.2, 0.25) is 0 Å².